The summed E-state index contributed by atoms with van der Waals surface area (Å²) in [5, 5.41) is 0. The van der Waals surface area contributed by atoms with Crippen LogP contribution in [0.5, 0.6) is 0 Å². The Morgan fingerprint density at radius 2 is 1.42 bits per heavy atom. The van der Waals surface area contributed by atoms with Crippen LogP contribution in [0.2, 0.25) is 0 Å². The summed E-state index contributed by atoms with van der Waals surface area (Å²) in [6.45, 7) is 1.46. The Labute approximate surface area is 148 Å². The third-order valence-electron chi connectivity index (χ3n) is 4.48. The molecule has 1 aromatic heterocycles. The first-order valence-corrected chi connectivity index (χ1v) is 8.14. The van der Waals surface area contributed by atoms with Gasteiger partial charge < -0.3 is 14.4 Å². The molecule has 0 bridgehead atoms. The largest absolute Gasteiger partial charge is 0.416 e. The van der Waals surface area contributed by atoms with Crippen LogP contribution in [0.25, 0.3) is 0 Å². The molecule has 0 atom stereocenters. The van der Waals surface area contributed by atoms with Crippen LogP contribution < -0.4 is 0 Å². The topological polar surface area (TPSA) is 45.6 Å². The first-order chi connectivity index (χ1) is 12.3. The number of aromatic nitrogens is 1. The Hall–Kier alpha value is -2.77. The summed E-state index contributed by atoms with van der Waals surface area (Å²) in [7, 11) is 1.79. The van der Waals surface area contributed by atoms with Gasteiger partial charge >= 0.3 is 6.18 Å². The van der Waals surface area contributed by atoms with E-state index in [1.165, 1.54) is 12.1 Å². The molecule has 1 fully saturated rings. The van der Waals surface area contributed by atoms with E-state index in [4.69, 9.17) is 0 Å². The third kappa shape index (κ3) is 3.58. The number of piperazine rings is 1. The zero-order valence-corrected chi connectivity index (χ0v) is 14.2. The number of hydrogen-bond donors (Lipinski definition) is 0. The lowest BCUT2D eigenvalue weighted by Crippen LogP contribution is -2.50. The second kappa shape index (κ2) is 6.86. The smallest absolute Gasteiger partial charge is 0.347 e. The van der Waals surface area contributed by atoms with Crippen LogP contribution in [-0.4, -0.2) is 52.4 Å². The highest BCUT2D eigenvalue weighted by molar-refractivity contribution is 5.95. The number of amides is 2. The third-order valence-corrected chi connectivity index (χ3v) is 4.48. The zero-order chi connectivity index (χ0) is 18.9. The average molecular weight is 365 g/mol. The normalized spacial score (nSPS) is 15.2. The number of carbonyl (C=O) groups excluding carboxylic acids is 2. The number of rotatable bonds is 2. The molecule has 0 spiro atoms. The molecule has 0 N–H and O–H groups in total. The molecule has 0 unspecified atom stereocenters. The quantitative estimate of drug-likeness (QED) is 0.821. The molecule has 26 heavy (non-hydrogen) atoms. The van der Waals surface area contributed by atoms with Crippen molar-refractivity contribution in [3.05, 3.63) is 59.4 Å². The van der Waals surface area contributed by atoms with E-state index in [9.17, 15) is 22.8 Å². The molecule has 1 aliphatic rings. The van der Waals surface area contributed by atoms with Gasteiger partial charge in [0, 0.05) is 45.0 Å². The number of halogens is 3. The molecule has 1 aliphatic heterocycles. The van der Waals surface area contributed by atoms with Crippen LogP contribution >= 0.6 is 0 Å². The van der Waals surface area contributed by atoms with Crippen LogP contribution in [0.1, 0.15) is 26.4 Å². The van der Waals surface area contributed by atoms with Gasteiger partial charge in [-0.3, -0.25) is 9.59 Å². The van der Waals surface area contributed by atoms with Gasteiger partial charge in [0.1, 0.15) is 5.69 Å². The van der Waals surface area contributed by atoms with Crippen molar-refractivity contribution in [3.8, 4) is 0 Å². The van der Waals surface area contributed by atoms with Gasteiger partial charge in [-0.2, -0.15) is 13.2 Å². The minimum absolute atomic E-state index is 0.0980. The zero-order valence-electron chi connectivity index (χ0n) is 14.2. The van der Waals surface area contributed by atoms with Gasteiger partial charge in [0.25, 0.3) is 11.8 Å². The van der Waals surface area contributed by atoms with Crippen LogP contribution in [0.4, 0.5) is 13.2 Å². The Kier molecular flexibility index (Phi) is 4.76. The highest BCUT2D eigenvalue weighted by Crippen LogP contribution is 2.29. The van der Waals surface area contributed by atoms with Gasteiger partial charge in [0.2, 0.25) is 0 Å². The van der Waals surface area contributed by atoms with Crippen LogP contribution in [-0.2, 0) is 13.2 Å². The SMILES string of the molecule is Cn1cccc1C(=O)N1CCN(C(=O)c2ccc(C(F)(F)F)cc2)CC1. The first kappa shape index (κ1) is 18.0. The van der Waals surface area contributed by atoms with Gasteiger partial charge in [-0.15, -0.1) is 0 Å². The van der Waals surface area contributed by atoms with Crippen molar-refractivity contribution in [3.63, 3.8) is 0 Å². The lowest BCUT2D eigenvalue weighted by Gasteiger charge is -2.34. The van der Waals surface area contributed by atoms with E-state index in [1.54, 1.807) is 39.7 Å². The highest BCUT2D eigenvalue weighted by atomic mass is 19.4. The minimum atomic E-state index is -4.43. The maximum Gasteiger partial charge on any atom is 0.416 e. The molecule has 5 nitrogen and oxygen atoms in total. The number of alkyl halides is 3. The predicted octanol–water partition coefficient (Wildman–Crippen LogP) is 2.64. The van der Waals surface area contributed by atoms with Crippen molar-refractivity contribution in [2.45, 2.75) is 6.18 Å². The summed E-state index contributed by atoms with van der Waals surface area (Å²) < 4.78 is 39.6. The number of hydrogen-bond acceptors (Lipinski definition) is 2. The Morgan fingerprint density at radius 3 is 1.88 bits per heavy atom. The molecule has 138 valence electrons. The number of carbonyl (C=O) groups is 2. The summed E-state index contributed by atoms with van der Waals surface area (Å²) in [6, 6.07) is 7.71. The van der Waals surface area contributed by atoms with Crippen molar-refractivity contribution >= 4 is 11.8 Å². The average Bonchev–Trinajstić information content (AvgIpc) is 3.06. The molecule has 1 saturated heterocycles. The van der Waals surface area contributed by atoms with E-state index in [-0.39, 0.29) is 17.4 Å². The molecule has 2 amide bonds. The minimum Gasteiger partial charge on any atom is -0.347 e. The van der Waals surface area contributed by atoms with E-state index in [2.05, 4.69) is 0 Å². The lowest BCUT2D eigenvalue weighted by molar-refractivity contribution is -0.137. The van der Waals surface area contributed by atoms with Gasteiger partial charge in [-0.25, -0.2) is 0 Å². The molecule has 3 rings (SSSR count). The fourth-order valence-electron chi connectivity index (χ4n) is 2.94. The van der Waals surface area contributed by atoms with Crippen molar-refractivity contribution in [1.29, 1.82) is 0 Å². The maximum absolute atomic E-state index is 12.6. The van der Waals surface area contributed by atoms with Crippen molar-refractivity contribution in [2.75, 3.05) is 26.2 Å². The molecule has 0 aliphatic carbocycles. The van der Waals surface area contributed by atoms with Crippen molar-refractivity contribution in [2.24, 2.45) is 7.05 Å². The van der Waals surface area contributed by atoms with Crippen molar-refractivity contribution < 1.29 is 22.8 Å². The second-order valence-electron chi connectivity index (χ2n) is 6.16. The summed E-state index contributed by atoms with van der Waals surface area (Å²) >= 11 is 0. The molecular weight excluding hydrogens is 347 g/mol. The predicted molar refractivity (Wildman–Crippen MR) is 88.7 cm³/mol. The van der Waals surface area contributed by atoms with Crippen LogP contribution in [0, 0.1) is 0 Å². The molecule has 8 heteroatoms. The Morgan fingerprint density at radius 1 is 0.885 bits per heavy atom. The number of aryl methyl sites for hydroxylation is 1. The number of nitrogens with zero attached hydrogens (tertiary/aromatic N) is 3. The Bertz CT molecular complexity index is 804. The monoisotopic (exact) mass is 365 g/mol. The van der Waals surface area contributed by atoms with Crippen molar-refractivity contribution in [1.82, 2.24) is 14.4 Å². The van der Waals surface area contributed by atoms with Gasteiger partial charge in [-0.1, -0.05) is 0 Å². The second-order valence-corrected chi connectivity index (χ2v) is 6.16. The van der Waals surface area contributed by atoms with E-state index in [0.29, 0.717) is 31.9 Å². The highest BCUT2D eigenvalue weighted by Gasteiger charge is 2.31. The molecule has 2 aromatic rings. The lowest BCUT2D eigenvalue weighted by atomic mass is 10.1. The molecule has 1 aromatic carbocycles. The van der Waals surface area contributed by atoms with E-state index in [1.807, 2.05) is 0 Å². The van der Waals surface area contributed by atoms with Crippen LogP contribution in [0.3, 0.4) is 0 Å². The summed E-state index contributed by atoms with van der Waals surface area (Å²) in [5.41, 5.74) is -0.000222. The maximum atomic E-state index is 12.6. The fraction of sp³-hybridized carbons (Fsp3) is 0.333. The Balaban J connectivity index is 1.62. The summed E-state index contributed by atoms with van der Waals surface area (Å²) in [6.07, 6.45) is -2.64. The van der Waals surface area contributed by atoms with E-state index < -0.39 is 11.7 Å². The summed E-state index contributed by atoms with van der Waals surface area (Å²) in [4.78, 5) is 28.1. The van der Waals surface area contributed by atoms with Gasteiger partial charge in [0.15, 0.2) is 0 Å². The van der Waals surface area contributed by atoms with E-state index >= 15 is 0 Å². The summed E-state index contributed by atoms with van der Waals surface area (Å²) in [5.74, 6) is -0.427. The van der Waals surface area contributed by atoms with Crippen LogP contribution in [0.15, 0.2) is 42.6 Å². The molecule has 0 saturated carbocycles. The number of benzene rings is 1. The standard InChI is InChI=1S/C18H18F3N3O2/c1-22-8-2-3-15(22)17(26)24-11-9-23(10-12-24)16(25)13-4-6-14(7-5-13)18(19,20)21/h2-8H,9-12H2,1H3. The molecule has 0 radical (unpaired) electrons. The first-order valence-electron chi connectivity index (χ1n) is 8.14. The molecular formula is C18H18F3N3O2. The fourth-order valence-corrected chi connectivity index (χ4v) is 2.94. The van der Waals surface area contributed by atoms with Gasteiger partial charge in [0.05, 0.1) is 5.56 Å². The van der Waals surface area contributed by atoms with E-state index in [0.717, 1.165) is 12.1 Å². The van der Waals surface area contributed by atoms with Gasteiger partial charge in [-0.05, 0) is 36.4 Å². The molecule has 2 heterocycles.